The molecule has 0 bridgehead atoms. The molecule has 0 radical (unpaired) electrons. The molecule has 4 N–H and O–H groups in total. The number of hydrogen-bond donors (Lipinski definition) is 3. The van der Waals surface area contributed by atoms with Crippen LogP contribution in [-0.2, 0) is 16.9 Å². The number of carbonyl (C=O) groups is 1. The zero-order valence-corrected chi connectivity index (χ0v) is 7.90. The first-order valence-corrected chi connectivity index (χ1v) is 4.21. The number of hydrogen-bond acceptors (Lipinski definition) is 3. The number of aliphatic carboxylic acids is 1. The molecule has 0 aliphatic rings. The van der Waals surface area contributed by atoms with E-state index in [1.165, 1.54) is 6.92 Å². The fraction of sp³-hybridized carbons (Fsp3) is 0.300. The van der Waals surface area contributed by atoms with Crippen LogP contribution >= 0.6 is 0 Å². The van der Waals surface area contributed by atoms with E-state index in [9.17, 15) is 4.79 Å². The lowest BCUT2D eigenvalue weighted by Gasteiger charge is -2.19. The molecule has 1 aromatic carbocycles. The van der Waals surface area contributed by atoms with Crippen molar-refractivity contribution >= 4 is 5.97 Å². The van der Waals surface area contributed by atoms with E-state index < -0.39 is 11.5 Å². The van der Waals surface area contributed by atoms with Crippen molar-refractivity contribution < 1.29 is 15.0 Å². The fourth-order valence-corrected chi connectivity index (χ4v) is 1.08. The largest absolute Gasteiger partial charge is 0.480 e. The molecule has 76 valence electrons. The second-order valence-electron chi connectivity index (χ2n) is 3.36. The molecule has 4 heteroatoms. The maximum atomic E-state index is 10.8. The summed E-state index contributed by atoms with van der Waals surface area (Å²) in [5.41, 5.74) is 5.48. The highest BCUT2D eigenvalue weighted by molar-refractivity contribution is 5.79. The summed E-state index contributed by atoms with van der Waals surface area (Å²) in [6, 6.07) is 6.53. The Balaban J connectivity index is 3.02. The summed E-state index contributed by atoms with van der Waals surface area (Å²) in [4.78, 5) is 10.8. The molecule has 0 heterocycles. The molecule has 0 unspecified atom stereocenters. The van der Waals surface area contributed by atoms with Gasteiger partial charge in [-0.1, -0.05) is 24.3 Å². The Labute approximate surface area is 82.0 Å². The first-order chi connectivity index (χ1) is 6.48. The van der Waals surface area contributed by atoms with Crippen LogP contribution in [0.4, 0.5) is 0 Å². The van der Waals surface area contributed by atoms with Crippen LogP contribution in [0.2, 0.25) is 0 Å². The zero-order valence-electron chi connectivity index (χ0n) is 7.90. The van der Waals surface area contributed by atoms with Crippen LogP contribution in [0.3, 0.4) is 0 Å². The van der Waals surface area contributed by atoms with Gasteiger partial charge in [-0.3, -0.25) is 0 Å². The van der Waals surface area contributed by atoms with Crippen molar-refractivity contribution in [1.29, 1.82) is 0 Å². The number of benzene rings is 1. The summed E-state index contributed by atoms with van der Waals surface area (Å²) in [5.74, 6) is -1.07. The molecule has 4 nitrogen and oxygen atoms in total. The van der Waals surface area contributed by atoms with E-state index in [2.05, 4.69) is 0 Å². The van der Waals surface area contributed by atoms with E-state index in [0.29, 0.717) is 5.56 Å². The molecule has 0 aliphatic carbocycles. The lowest BCUT2D eigenvalue weighted by atomic mass is 9.93. The van der Waals surface area contributed by atoms with Crippen molar-refractivity contribution in [2.75, 3.05) is 0 Å². The van der Waals surface area contributed by atoms with Crippen LogP contribution in [-0.4, -0.2) is 16.2 Å². The van der Waals surface area contributed by atoms with Crippen LogP contribution in [0.25, 0.3) is 0 Å². The minimum Gasteiger partial charge on any atom is -0.480 e. The Kier molecular flexibility index (Phi) is 2.88. The van der Waals surface area contributed by atoms with Gasteiger partial charge in [0.25, 0.3) is 0 Å². The predicted molar refractivity (Wildman–Crippen MR) is 51.5 cm³/mol. The number of aliphatic hydroxyl groups is 1. The molecule has 1 rings (SSSR count). The quantitative estimate of drug-likeness (QED) is 0.653. The van der Waals surface area contributed by atoms with Gasteiger partial charge in [-0.15, -0.1) is 0 Å². The Bertz CT molecular complexity index is 330. The molecule has 0 spiro atoms. The molecule has 0 amide bonds. The van der Waals surface area contributed by atoms with Crippen LogP contribution < -0.4 is 5.73 Å². The molecular weight excluding hydrogens is 182 g/mol. The van der Waals surface area contributed by atoms with E-state index in [-0.39, 0.29) is 6.61 Å². The maximum absolute atomic E-state index is 10.8. The number of carboxylic acid groups (broad SMARTS) is 1. The van der Waals surface area contributed by atoms with E-state index in [4.69, 9.17) is 15.9 Å². The lowest BCUT2D eigenvalue weighted by Crippen LogP contribution is -2.41. The van der Waals surface area contributed by atoms with Crippen molar-refractivity contribution in [2.24, 2.45) is 5.73 Å². The summed E-state index contributed by atoms with van der Waals surface area (Å²) >= 11 is 0. The Morgan fingerprint density at radius 2 is 1.93 bits per heavy atom. The van der Waals surface area contributed by atoms with Crippen molar-refractivity contribution in [3.05, 3.63) is 35.4 Å². The van der Waals surface area contributed by atoms with E-state index >= 15 is 0 Å². The van der Waals surface area contributed by atoms with Gasteiger partial charge in [-0.05, 0) is 18.1 Å². The average molecular weight is 195 g/mol. The normalized spacial score (nSPS) is 14.8. The van der Waals surface area contributed by atoms with Crippen molar-refractivity contribution in [3.63, 3.8) is 0 Å². The smallest absolute Gasteiger partial charge is 0.328 e. The summed E-state index contributed by atoms with van der Waals surface area (Å²) in [7, 11) is 0. The standard InChI is InChI=1S/C10H13NO3/c1-10(11,9(13)14)8-4-2-7(6-12)3-5-8/h2-5,12H,6,11H2,1H3,(H,13,14)/t10-/m1/s1. The molecule has 14 heavy (non-hydrogen) atoms. The van der Waals surface area contributed by atoms with Crippen LogP contribution in [0, 0.1) is 0 Å². The van der Waals surface area contributed by atoms with Crippen LogP contribution in [0.15, 0.2) is 24.3 Å². The molecule has 0 saturated carbocycles. The molecule has 0 fully saturated rings. The first kappa shape index (κ1) is 10.7. The van der Waals surface area contributed by atoms with Crippen molar-refractivity contribution in [2.45, 2.75) is 19.1 Å². The zero-order chi connectivity index (χ0) is 10.8. The highest BCUT2D eigenvalue weighted by Crippen LogP contribution is 2.18. The van der Waals surface area contributed by atoms with Crippen molar-refractivity contribution in [1.82, 2.24) is 0 Å². The van der Waals surface area contributed by atoms with E-state index in [1.807, 2.05) is 0 Å². The van der Waals surface area contributed by atoms with Gasteiger partial charge in [0, 0.05) is 0 Å². The average Bonchev–Trinajstić information content (AvgIpc) is 2.17. The number of nitrogens with two attached hydrogens (primary N) is 1. The van der Waals surface area contributed by atoms with Crippen LogP contribution in [0.1, 0.15) is 18.1 Å². The summed E-state index contributed by atoms with van der Waals surface area (Å²) in [5, 5.41) is 17.6. The topological polar surface area (TPSA) is 83.6 Å². The van der Waals surface area contributed by atoms with Gasteiger partial charge in [0.2, 0.25) is 0 Å². The third-order valence-corrected chi connectivity index (χ3v) is 2.18. The highest BCUT2D eigenvalue weighted by Gasteiger charge is 2.29. The lowest BCUT2D eigenvalue weighted by molar-refractivity contribution is -0.143. The second kappa shape index (κ2) is 3.77. The molecule has 0 aliphatic heterocycles. The minimum atomic E-state index is -1.38. The van der Waals surface area contributed by atoms with E-state index in [0.717, 1.165) is 5.56 Å². The Morgan fingerprint density at radius 3 is 2.29 bits per heavy atom. The third-order valence-electron chi connectivity index (χ3n) is 2.18. The first-order valence-electron chi connectivity index (χ1n) is 4.21. The molecule has 0 aromatic heterocycles. The molecule has 0 saturated heterocycles. The highest BCUT2D eigenvalue weighted by atomic mass is 16.4. The van der Waals surface area contributed by atoms with Crippen molar-refractivity contribution in [3.8, 4) is 0 Å². The van der Waals surface area contributed by atoms with Gasteiger partial charge in [-0.2, -0.15) is 0 Å². The van der Waals surface area contributed by atoms with Gasteiger partial charge in [-0.25, -0.2) is 4.79 Å². The Morgan fingerprint density at radius 1 is 1.43 bits per heavy atom. The number of carboxylic acids is 1. The second-order valence-corrected chi connectivity index (χ2v) is 3.36. The van der Waals surface area contributed by atoms with Gasteiger partial charge in [0.15, 0.2) is 0 Å². The molecule has 1 atom stereocenters. The van der Waals surface area contributed by atoms with Crippen LogP contribution in [0.5, 0.6) is 0 Å². The fourth-order valence-electron chi connectivity index (χ4n) is 1.08. The third kappa shape index (κ3) is 1.92. The van der Waals surface area contributed by atoms with Gasteiger partial charge in [0.05, 0.1) is 6.61 Å². The molecule has 1 aromatic rings. The predicted octanol–water partition coefficient (Wildman–Crippen LogP) is 0.437. The van der Waals surface area contributed by atoms with Gasteiger partial charge < -0.3 is 15.9 Å². The number of rotatable bonds is 3. The van der Waals surface area contributed by atoms with E-state index in [1.54, 1.807) is 24.3 Å². The SMILES string of the molecule is C[C@](N)(C(=O)O)c1ccc(CO)cc1. The monoisotopic (exact) mass is 195 g/mol. The Hall–Kier alpha value is -1.39. The maximum Gasteiger partial charge on any atom is 0.328 e. The summed E-state index contributed by atoms with van der Waals surface area (Å²) < 4.78 is 0. The molecular formula is C10H13NO3. The van der Waals surface area contributed by atoms with Gasteiger partial charge in [0.1, 0.15) is 5.54 Å². The van der Waals surface area contributed by atoms with Gasteiger partial charge >= 0.3 is 5.97 Å². The number of aliphatic hydroxyl groups excluding tert-OH is 1. The summed E-state index contributed by atoms with van der Waals surface area (Å²) in [6.45, 7) is 1.37. The minimum absolute atomic E-state index is 0.0609. The summed E-state index contributed by atoms with van der Waals surface area (Å²) in [6.07, 6.45) is 0.